The van der Waals surface area contributed by atoms with Crippen LogP contribution in [0.1, 0.15) is 25.7 Å². The summed E-state index contributed by atoms with van der Waals surface area (Å²) in [4.78, 5) is 33.2. The molecule has 0 aromatic heterocycles. The Morgan fingerprint density at radius 1 is 1.27 bits per heavy atom. The van der Waals surface area contributed by atoms with Gasteiger partial charge >= 0.3 is 5.97 Å². The van der Waals surface area contributed by atoms with Crippen LogP contribution in [0.4, 0.5) is 0 Å². The number of hydrogen-bond acceptors (Lipinski definition) is 9. The van der Waals surface area contributed by atoms with Crippen LogP contribution in [0.3, 0.4) is 0 Å². The van der Waals surface area contributed by atoms with Gasteiger partial charge in [-0.25, -0.2) is 8.42 Å². The number of carboxylic acid groups (broad SMARTS) is 1. The van der Waals surface area contributed by atoms with Crippen molar-refractivity contribution >= 4 is 33.6 Å². The first kappa shape index (κ1) is 24.5. The molecule has 2 heterocycles. The second-order valence-corrected chi connectivity index (χ2v) is 9.32. The number of amides is 1. The third-order valence-corrected chi connectivity index (χ3v) is 6.46. The first-order valence-electron chi connectivity index (χ1n) is 10.6. The van der Waals surface area contributed by atoms with Crippen LogP contribution in [-0.4, -0.2) is 75.4 Å². The number of carboxylic acids is 1. The number of benzene rings is 1. The second-order valence-electron chi connectivity index (χ2n) is 7.61. The SMILES string of the molecule is O=C(CC1CC(CCCNC2=NCCN2)=NO1)NCC(NS(=O)(=O)c1ccccc1)C(=O)O. The van der Waals surface area contributed by atoms with Gasteiger partial charge in [0.15, 0.2) is 5.96 Å². The Hall–Kier alpha value is -3.19. The van der Waals surface area contributed by atoms with E-state index < -0.39 is 40.6 Å². The summed E-state index contributed by atoms with van der Waals surface area (Å²) in [6, 6.07) is 5.90. The smallest absolute Gasteiger partial charge is 0.323 e. The van der Waals surface area contributed by atoms with Crippen molar-refractivity contribution in [3.63, 3.8) is 0 Å². The Kier molecular flexibility index (Phi) is 8.60. The van der Waals surface area contributed by atoms with Gasteiger partial charge in [0.25, 0.3) is 0 Å². The highest BCUT2D eigenvalue weighted by molar-refractivity contribution is 7.89. The van der Waals surface area contributed by atoms with Crippen LogP contribution in [0.25, 0.3) is 0 Å². The third kappa shape index (κ3) is 7.71. The summed E-state index contributed by atoms with van der Waals surface area (Å²) in [6.45, 7) is 1.97. The summed E-state index contributed by atoms with van der Waals surface area (Å²) in [5.74, 6) is -1.04. The van der Waals surface area contributed by atoms with Crippen molar-refractivity contribution < 1.29 is 28.0 Å². The molecule has 1 amide bonds. The third-order valence-electron chi connectivity index (χ3n) is 4.97. The number of carbonyl (C=O) groups is 2. The molecule has 0 aliphatic carbocycles. The largest absolute Gasteiger partial charge is 0.480 e. The van der Waals surface area contributed by atoms with Crippen LogP contribution in [0.5, 0.6) is 0 Å². The standard InChI is InChI=1S/C20H28N6O6S/c27-18(12-15-11-14(25-32-15)5-4-8-21-20-22-9-10-23-20)24-13-17(19(28)29)26-33(30,31)16-6-2-1-3-7-16/h1-3,6-7,15,17,26H,4-5,8-13H2,(H,24,27)(H,28,29)(H2,21,22,23). The van der Waals surface area contributed by atoms with Gasteiger partial charge in [-0.05, 0) is 25.0 Å². The molecule has 2 atom stereocenters. The van der Waals surface area contributed by atoms with Crippen LogP contribution >= 0.6 is 0 Å². The molecule has 0 radical (unpaired) electrons. The van der Waals surface area contributed by atoms with E-state index in [2.05, 4.69) is 30.8 Å². The van der Waals surface area contributed by atoms with Crippen LogP contribution in [0.15, 0.2) is 45.4 Å². The molecule has 1 aromatic rings. The van der Waals surface area contributed by atoms with Gasteiger partial charge in [0, 0.05) is 26.1 Å². The predicted molar refractivity (Wildman–Crippen MR) is 120 cm³/mol. The highest BCUT2D eigenvalue weighted by Gasteiger charge is 2.27. The second kappa shape index (κ2) is 11.6. The Labute approximate surface area is 191 Å². The van der Waals surface area contributed by atoms with Crippen molar-refractivity contribution in [3.05, 3.63) is 30.3 Å². The average Bonchev–Trinajstić information content (AvgIpc) is 3.47. The summed E-state index contributed by atoms with van der Waals surface area (Å²) in [5.41, 5.74) is 0.856. The number of sulfonamides is 1. The lowest BCUT2D eigenvalue weighted by Gasteiger charge is -2.16. The number of nitrogens with one attached hydrogen (secondary N) is 4. The topological polar surface area (TPSA) is 171 Å². The summed E-state index contributed by atoms with van der Waals surface area (Å²) in [7, 11) is -4.04. The lowest BCUT2D eigenvalue weighted by atomic mass is 10.1. The molecule has 12 nitrogen and oxygen atoms in total. The zero-order valence-electron chi connectivity index (χ0n) is 18.0. The van der Waals surface area contributed by atoms with E-state index in [9.17, 15) is 23.1 Å². The average molecular weight is 481 g/mol. The van der Waals surface area contributed by atoms with Gasteiger partial charge in [0.1, 0.15) is 12.1 Å². The fraction of sp³-hybridized carbons (Fsp3) is 0.500. The molecule has 180 valence electrons. The number of aliphatic carboxylic acids is 1. The molecular weight excluding hydrogens is 452 g/mol. The zero-order valence-corrected chi connectivity index (χ0v) is 18.8. The molecule has 0 saturated carbocycles. The van der Waals surface area contributed by atoms with E-state index in [1.807, 2.05) is 0 Å². The lowest BCUT2D eigenvalue weighted by molar-refractivity contribution is -0.138. The van der Waals surface area contributed by atoms with Crippen LogP contribution < -0.4 is 20.7 Å². The summed E-state index contributed by atoms with van der Waals surface area (Å²) in [5, 5.41) is 22.1. The number of carbonyl (C=O) groups excluding carboxylic acids is 1. The first-order valence-corrected chi connectivity index (χ1v) is 12.1. The molecule has 33 heavy (non-hydrogen) atoms. The van der Waals surface area contributed by atoms with Gasteiger partial charge in [-0.2, -0.15) is 4.72 Å². The minimum Gasteiger partial charge on any atom is -0.480 e. The van der Waals surface area contributed by atoms with Crippen molar-refractivity contribution in [2.45, 2.75) is 42.7 Å². The maximum Gasteiger partial charge on any atom is 0.323 e. The molecule has 0 fully saturated rings. The Bertz CT molecular complexity index is 998. The number of hydrogen-bond donors (Lipinski definition) is 5. The number of guanidine groups is 1. The number of rotatable bonds is 12. The first-order chi connectivity index (χ1) is 15.8. The van der Waals surface area contributed by atoms with E-state index in [1.165, 1.54) is 24.3 Å². The quantitative estimate of drug-likeness (QED) is 0.247. The van der Waals surface area contributed by atoms with E-state index in [-0.39, 0.29) is 11.3 Å². The number of oxime groups is 1. The van der Waals surface area contributed by atoms with Crippen molar-refractivity contribution in [2.24, 2.45) is 10.1 Å². The minimum absolute atomic E-state index is 0.0102. The molecule has 2 unspecified atom stereocenters. The molecule has 5 N–H and O–H groups in total. The Morgan fingerprint density at radius 3 is 2.76 bits per heavy atom. The van der Waals surface area contributed by atoms with E-state index >= 15 is 0 Å². The fourth-order valence-corrected chi connectivity index (χ4v) is 4.50. The minimum atomic E-state index is -4.04. The van der Waals surface area contributed by atoms with E-state index in [0.29, 0.717) is 6.42 Å². The van der Waals surface area contributed by atoms with Gasteiger partial charge in [-0.3, -0.25) is 14.6 Å². The van der Waals surface area contributed by atoms with Crippen LogP contribution in [0, 0.1) is 0 Å². The molecule has 0 spiro atoms. The maximum absolute atomic E-state index is 12.4. The molecule has 0 saturated heterocycles. The van der Waals surface area contributed by atoms with Crippen molar-refractivity contribution in [1.82, 2.24) is 20.7 Å². The Morgan fingerprint density at radius 2 is 2.06 bits per heavy atom. The summed E-state index contributed by atoms with van der Waals surface area (Å²) in [6.07, 6.45) is 1.63. The van der Waals surface area contributed by atoms with Crippen LogP contribution in [0.2, 0.25) is 0 Å². The highest BCUT2D eigenvalue weighted by atomic mass is 32.2. The lowest BCUT2D eigenvalue weighted by Crippen LogP contribution is -2.48. The van der Waals surface area contributed by atoms with Crippen molar-refractivity contribution in [2.75, 3.05) is 26.2 Å². The zero-order chi connectivity index (χ0) is 23.7. The molecule has 1 aromatic carbocycles. The number of nitrogens with zero attached hydrogens (tertiary/aromatic N) is 2. The monoisotopic (exact) mass is 480 g/mol. The molecule has 2 aliphatic rings. The predicted octanol–water partition coefficient (Wildman–Crippen LogP) is -0.602. The van der Waals surface area contributed by atoms with Gasteiger partial charge in [-0.1, -0.05) is 23.4 Å². The van der Waals surface area contributed by atoms with Crippen molar-refractivity contribution in [3.8, 4) is 0 Å². The normalized spacial score (nSPS) is 18.5. The van der Waals surface area contributed by atoms with E-state index in [0.717, 1.165) is 44.1 Å². The molecule has 13 heteroatoms. The molecule has 0 bridgehead atoms. The van der Waals surface area contributed by atoms with Gasteiger partial charge < -0.3 is 25.9 Å². The van der Waals surface area contributed by atoms with E-state index in [1.54, 1.807) is 6.07 Å². The fourth-order valence-electron chi connectivity index (χ4n) is 3.29. The van der Waals surface area contributed by atoms with Crippen LogP contribution in [-0.2, 0) is 24.4 Å². The van der Waals surface area contributed by atoms with E-state index in [4.69, 9.17) is 4.84 Å². The number of aliphatic imine (C=N–C) groups is 1. The molecular formula is C20H28N6O6S. The highest BCUT2D eigenvalue weighted by Crippen LogP contribution is 2.16. The Balaban J connectivity index is 1.37. The van der Waals surface area contributed by atoms with Gasteiger partial charge in [0.05, 0.1) is 23.6 Å². The summed E-state index contributed by atoms with van der Waals surface area (Å²) < 4.78 is 26.8. The maximum atomic E-state index is 12.4. The molecule has 2 aliphatic heterocycles. The van der Waals surface area contributed by atoms with Crippen molar-refractivity contribution in [1.29, 1.82) is 0 Å². The van der Waals surface area contributed by atoms with Gasteiger partial charge in [0.2, 0.25) is 15.9 Å². The molecule has 3 rings (SSSR count). The summed E-state index contributed by atoms with van der Waals surface area (Å²) >= 11 is 0. The van der Waals surface area contributed by atoms with Gasteiger partial charge in [-0.15, -0.1) is 0 Å².